The SMILES string of the molecule is Cc1ccc(-c2nc3cc(C)ccn3c2/C=C/C(=O)Nc2ccc(C)cc2O)cc1. The number of benzene rings is 2. The summed E-state index contributed by atoms with van der Waals surface area (Å²) in [5, 5.41) is 12.7. The van der Waals surface area contributed by atoms with Crippen molar-refractivity contribution in [2.75, 3.05) is 5.32 Å². The largest absolute Gasteiger partial charge is 0.506 e. The Balaban J connectivity index is 1.70. The Kier molecular flexibility index (Phi) is 5.11. The van der Waals surface area contributed by atoms with Crippen LogP contribution in [0.25, 0.3) is 23.0 Å². The van der Waals surface area contributed by atoms with Gasteiger partial charge in [0.25, 0.3) is 0 Å². The monoisotopic (exact) mass is 397 g/mol. The van der Waals surface area contributed by atoms with Gasteiger partial charge in [-0.25, -0.2) is 4.98 Å². The number of aromatic nitrogens is 2. The third-order valence-electron chi connectivity index (χ3n) is 4.95. The minimum Gasteiger partial charge on any atom is -0.506 e. The quantitative estimate of drug-likeness (QED) is 0.363. The van der Waals surface area contributed by atoms with Crippen molar-refractivity contribution in [1.29, 1.82) is 0 Å². The summed E-state index contributed by atoms with van der Waals surface area (Å²) in [5.74, 6) is -0.284. The minimum absolute atomic E-state index is 0.0439. The normalized spacial score (nSPS) is 11.3. The lowest BCUT2D eigenvalue weighted by molar-refractivity contribution is -0.111. The maximum absolute atomic E-state index is 12.5. The number of nitrogens with one attached hydrogen (secondary N) is 1. The predicted octanol–water partition coefficient (Wildman–Crippen LogP) is 5.28. The second-order valence-corrected chi connectivity index (χ2v) is 7.49. The van der Waals surface area contributed by atoms with Crippen LogP contribution in [0.3, 0.4) is 0 Å². The smallest absolute Gasteiger partial charge is 0.248 e. The first-order valence-corrected chi connectivity index (χ1v) is 9.75. The fourth-order valence-corrected chi connectivity index (χ4v) is 3.33. The average Bonchev–Trinajstić information content (AvgIpc) is 3.06. The van der Waals surface area contributed by atoms with E-state index in [4.69, 9.17) is 4.98 Å². The van der Waals surface area contributed by atoms with Gasteiger partial charge in [0.15, 0.2) is 0 Å². The maximum atomic E-state index is 12.5. The molecule has 0 unspecified atom stereocenters. The molecule has 0 aliphatic heterocycles. The van der Waals surface area contributed by atoms with Crippen molar-refractivity contribution >= 4 is 23.3 Å². The zero-order valence-corrected chi connectivity index (χ0v) is 17.2. The van der Waals surface area contributed by atoms with Crippen LogP contribution >= 0.6 is 0 Å². The highest BCUT2D eigenvalue weighted by molar-refractivity contribution is 6.03. The first-order chi connectivity index (χ1) is 14.4. The van der Waals surface area contributed by atoms with Gasteiger partial charge in [-0.15, -0.1) is 0 Å². The number of rotatable bonds is 4. The molecule has 0 aliphatic carbocycles. The van der Waals surface area contributed by atoms with Crippen molar-refractivity contribution in [1.82, 2.24) is 9.38 Å². The third kappa shape index (κ3) is 3.96. The number of carbonyl (C=O) groups excluding carboxylic acids is 1. The Morgan fingerprint density at radius 1 is 0.967 bits per heavy atom. The lowest BCUT2D eigenvalue weighted by Crippen LogP contribution is -2.08. The van der Waals surface area contributed by atoms with Crippen LogP contribution in [0.1, 0.15) is 22.4 Å². The third-order valence-corrected chi connectivity index (χ3v) is 4.95. The van der Waals surface area contributed by atoms with E-state index in [0.29, 0.717) is 5.69 Å². The molecule has 0 aliphatic rings. The van der Waals surface area contributed by atoms with Gasteiger partial charge in [0, 0.05) is 17.8 Å². The minimum atomic E-state index is -0.328. The van der Waals surface area contributed by atoms with Crippen LogP contribution in [0.15, 0.2) is 66.9 Å². The molecule has 5 heteroatoms. The molecule has 0 saturated heterocycles. The summed E-state index contributed by atoms with van der Waals surface area (Å²) in [4.78, 5) is 17.3. The summed E-state index contributed by atoms with van der Waals surface area (Å²) in [6.07, 6.45) is 5.17. The molecule has 0 fully saturated rings. The molecule has 5 nitrogen and oxygen atoms in total. The number of nitrogens with zero attached hydrogens (tertiary/aromatic N) is 2. The summed E-state index contributed by atoms with van der Waals surface area (Å²) in [7, 11) is 0. The average molecular weight is 397 g/mol. The molecule has 150 valence electrons. The molecule has 30 heavy (non-hydrogen) atoms. The first-order valence-electron chi connectivity index (χ1n) is 9.75. The van der Waals surface area contributed by atoms with Crippen molar-refractivity contribution in [2.24, 2.45) is 0 Å². The lowest BCUT2D eigenvalue weighted by atomic mass is 10.1. The molecule has 4 aromatic rings. The number of fused-ring (bicyclic) bond motifs is 1. The molecule has 1 amide bonds. The molecule has 2 N–H and O–H groups in total. The number of hydrogen-bond acceptors (Lipinski definition) is 3. The molecule has 2 aromatic heterocycles. The van der Waals surface area contributed by atoms with Crippen LogP contribution in [0.5, 0.6) is 5.75 Å². The Labute approximate surface area is 175 Å². The summed E-state index contributed by atoms with van der Waals surface area (Å²) in [6.45, 7) is 5.95. The summed E-state index contributed by atoms with van der Waals surface area (Å²) >= 11 is 0. The standard InChI is InChI=1S/C25H23N3O2/c1-16-4-7-19(8-5-16)25-21(28-13-12-18(3)15-23(28)27-25)10-11-24(30)26-20-9-6-17(2)14-22(20)29/h4-15,29H,1-3H3,(H,26,30)/b11-10+. The van der Waals surface area contributed by atoms with Gasteiger partial charge in [0.05, 0.1) is 17.1 Å². The Morgan fingerprint density at radius 3 is 2.40 bits per heavy atom. The van der Waals surface area contributed by atoms with Gasteiger partial charge < -0.3 is 10.4 Å². The van der Waals surface area contributed by atoms with Gasteiger partial charge in [-0.2, -0.15) is 0 Å². The van der Waals surface area contributed by atoms with E-state index in [1.807, 2.05) is 73.8 Å². The van der Waals surface area contributed by atoms with Gasteiger partial charge >= 0.3 is 0 Å². The van der Waals surface area contributed by atoms with E-state index in [9.17, 15) is 9.90 Å². The van der Waals surface area contributed by atoms with E-state index in [1.54, 1.807) is 18.2 Å². The number of phenolic OH excluding ortho intramolecular Hbond substituents is 1. The van der Waals surface area contributed by atoms with Crippen molar-refractivity contribution in [3.8, 4) is 17.0 Å². The Bertz CT molecular complexity index is 1270. The van der Waals surface area contributed by atoms with Gasteiger partial charge in [0.2, 0.25) is 5.91 Å². The molecular weight excluding hydrogens is 374 g/mol. The fraction of sp³-hybridized carbons (Fsp3) is 0.120. The number of anilines is 1. The van der Waals surface area contributed by atoms with E-state index in [-0.39, 0.29) is 11.7 Å². The van der Waals surface area contributed by atoms with Crippen LogP contribution in [0, 0.1) is 20.8 Å². The number of aryl methyl sites for hydroxylation is 3. The Hall–Kier alpha value is -3.86. The summed E-state index contributed by atoms with van der Waals surface area (Å²) in [6, 6.07) is 17.3. The second kappa shape index (κ2) is 7.87. The number of carbonyl (C=O) groups is 1. The van der Waals surface area contributed by atoms with Crippen LogP contribution in [0.2, 0.25) is 0 Å². The molecule has 0 bridgehead atoms. The Morgan fingerprint density at radius 2 is 1.67 bits per heavy atom. The zero-order chi connectivity index (χ0) is 21.3. The predicted molar refractivity (Wildman–Crippen MR) is 121 cm³/mol. The second-order valence-electron chi connectivity index (χ2n) is 7.49. The number of phenols is 1. The highest BCUT2D eigenvalue weighted by Crippen LogP contribution is 2.27. The van der Waals surface area contributed by atoms with Gasteiger partial charge in [-0.05, 0) is 62.2 Å². The van der Waals surface area contributed by atoms with E-state index in [0.717, 1.165) is 33.7 Å². The van der Waals surface area contributed by atoms with Crippen molar-refractivity contribution in [3.63, 3.8) is 0 Å². The number of aromatic hydroxyl groups is 1. The summed E-state index contributed by atoms with van der Waals surface area (Å²) < 4.78 is 1.97. The maximum Gasteiger partial charge on any atom is 0.248 e. The first kappa shape index (κ1) is 19.5. The molecule has 0 spiro atoms. The van der Waals surface area contributed by atoms with E-state index >= 15 is 0 Å². The van der Waals surface area contributed by atoms with E-state index in [1.165, 1.54) is 11.6 Å². The number of pyridine rings is 1. The van der Waals surface area contributed by atoms with Gasteiger partial charge in [-0.3, -0.25) is 9.20 Å². The molecule has 0 atom stereocenters. The molecule has 0 radical (unpaired) electrons. The van der Waals surface area contributed by atoms with Crippen LogP contribution in [0.4, 0.5) is 5.69 Å². The molecular formula is C25H23N3O2. The van der Waals surface area contributed by atoms with E-state index in [2.05, 4.69) is 5.32 Å². The van der Waals surface area contributed by atoms with Crippen molar-refractivity contribution in [2.45, 2.75) is 20.8 Å². The lowest BCUT2D eigenvalue weighted by Gasteiger charge is -2.06. The number of amides is 1. The summed E-state index contributed by atoms with van der Waals surface area (Å²) in [5.41, 5.74) is 7.02. The van der Waals surface area contributed by atoms with Gasteiger partial charge in [-0.1, -0.05) is 35.9 Å². The molecule has 2 heterocycles. The number of hydrogen-bond donors (Lipinski definition) is 2. The molecule has 4 rings (SSSR count). The fourth-order valence-electron chi connectivity index (χ4n) is 3.33. The van der Waals surface area contributed by atoms with Gasteiger partial charge in [0.1, 0.15) is 11.4 Å². The van der Waals surface area contributed by atoms with E-state index < -0.39 is 0 Å². The highest BCUT2D eigenvalue weighted by Gasteiger charge is 2.13. The highest BCUT2D eigenvalue weighted by atomic mass is 16.3. The molecule has 0 saturated carbocycles. The number of imidazole rings is 1. The van der Waals surface area contributed by atoms with Crippen LogP contribution in [-0.4, -0.2) is 20.4 Å². The van der Waals surface area contributed by atoms with Crippen LogP contribution in [-0.2, 0) is 4.79 Å². The molecule has 2 aromatic carbocycles. The van der Waals surface area contributed by atoms with Crippen molar-refractivity contribution < 1.29 is 9.90 Å². The topological polar surface area (TPSA) is 66.6 Å². The zero-order valence-electron chi connectivity index (χ0n) is 17.2. The van der Waals surface area contributed by atoms with Crippen molar-refractivity contribution in [3.05, 3.63) is 89.3 Å². The van der Waals surface area contributed by atoms with Crippen LogP contribution < -0.4 is 5.32 Å².